The Morgan fingerprint density at radius 2 is 2.05 bits per heavy atom. The van der Waals surface area contributed by atoms with E-state index in [1.54, 1.807) is 11.0 Å². The van der Waals surface area contributed by atoms with E-state index in [-0.39, 0.29) is 11.8 Å². The number of amides is 1. The first-order valence-corrected chi connectivity index (χ1v) is 7.96. The van der Waals surface area contributed by atoms with Crippen molar-refractivity contribution in [2.75, 3.05) is 4.90 Å². The van der Waals surface area contributed by atoms with E-state index in [0.29, 0.717) is 6.42 Å². The summed E-state index contributed by atoms with van der Waals surface area (Å²) in [6.45, 7) is 7.00. The normalized spacial score (nSPS) is 17.7. The van der Waals surface area contributed by atoms with Crippen LogP contribution in [-0.2, 0) is 16.0 Å². The summed E-state index contributed by atoms with van der Waals surface area (Å²) in [7, 11) is 0. The highest BCUT2D eigenvalue weighted by atomic mass is 79.9. The average Bonchev–Trinajstić information content (AvgIpc) is 2.71. The van der Waals surface area contributed by atoms with Gasteiger partial charge in [0.05, 0.1) is 11.7 Å². The van der Waals surface area contributed by atoms with Gasteiger partial charge >= 0.3 is 6.09 Å². The van der Waals surface area contributed by atoms with Crippen LogP contribution < -0.4 is 4.90 Å². The van der Waals surface area contributed by atoms with Gasteiger partial charge in [0.2, 0.25) is 0 Å². The fourth-order valence-electron chi connectivity index (χ4n) is 2.39. The Bertz CT molecular complexity index is 631. The van der Waals surface area contributed by atoms with Gasteiger partial charge in [0.1, 0.15) is 5.60 Å². The third kappa shape index (κ3) is 3.97. The first kappa shape index (κ1) is 16.7. The van der Waals surface area contributed by atoms with Crippen molar-refractivity contribution >= 4 is 33.5 Å². The molecule has 5 heteroatoms. The minimum atomic E-state index is -0.565. The van der Waals surface area contributed by atoms with Gasteiger partial charge in [-0.2, -0.15) is 0 Å². The molecule has 1 heterocycles. The molecule has 1 aliphatic heterocycles. The van der Waals surface area contributed by atoms with Gasteiger partial charge in [-0.15, -0.1) is 0 Å². The van der Waals surface area contributed by atoms with Gasteiger partial charge in [-0.1, -0.05) is 22.0 Å². The summed E-state index contributed by atoms with van der Waals surface area (Å²) in [5, 5.41) is 0. The second-order valence-corrected chi connectivity index (χ2v) is 7.28. The molecule has 1 aromatic rings. The molecule has 0 N–H and O–H groups in total. The van der Waals surface area contributed by atoms with Crippen LogP contribution in [0.25, 0.3) is 0 Å². The van der Waals surface area contributed by atoms with Crippen molar-refractivity contribution in [3.05, 3.63) is 40.4 Å². The maximum atomic E-state index is 12.5. The van der Waals surface area contributed by atoms with Crippen molar-refractivity contribution in [3.63, 3.8) is 0 Å². The van der Waals surface area contributed by atoms with Crippen LogP contribution in [0.5, 0.6) is 0 Å². The molecule has 22 heavy (non-hydrogen) atoms. The zero-order valence-corrected chi connectivity index (χ0v) is 14.8. The van der Waals surface area contributed by atoms with Gasteiger partial charge in [0, 0.05) is 4.47 Å². The van der Waals surface area contributed by atoms with Crippen molar-refractivity contribution in [1.82, 2.24) is 0 Å². The van der Waals surface area contributed by atoms with E-state index in [0.717, 1.165) is 15.7 Å². The molecular weight excluding hydrogens is 346 g/mol. The van der Waals surface area contributed by atoms with Crippen molar-refractivity contribution in [2.24, 2.45) is 0 Å². The highest BCUT2D eigenvalue weighted by Gasteiger charge is 2.35. The van der Waals surface area contributed by atoms with Crippen LogP contribution >= 0.6 is 15.9 Å². The Balaban J connectivity index is 2.35. The first-order valence-electron chi connectivity index (χ1n) is 7.17. The molecule has 0 unspecified atom stereocenters. The summed E-state index contributed by atoms with van der Waals surface area (Å²) in [4.78, 5) is 25.4. The van der Waals surface area contributed by atoms with Crippen LogP contribution in [0.3, 0.4) is 0 Å². The standard InChI is InChI=1S/C17H20BrNO3/c1-11(20)5-7-14-10-12-9-13(18)6-8-15(12)19(14)16(21)22-17(2,3)4/h5-9,14H,10H2,1-4H3/b7-5+/t14-/m0/s1. The minimum Gasteiger partial charge on any atom is -0.443 e. The second-order valence-electron chi connectivity index (χ2n) is 6.36. The molecule has 4 nitrogen and oxygen atoms in total. The molecule has 1 aliphatic rings. The number of fused-ring (bicyclic) bond motifs is 1. The van der Waals surface area contributed by atoms with Crippen LogP contribution in [0.2, 0.25) is 0 Å². The number of hydrogen-bond acceptors (Lipinski definition) is 3. The van der Waals surface area contributed by atoms with Crippen molar-refractivity contribution in [2.45, 2.75) is 45.8 Å². The summed E-state index contributed by atoms with van der Waals surface area (Å²) in [6.07, 6.45) is 3.53. The third-order valence-corrected chi connectivity index (χ3v) is 3.70. The largest absolute Gasteiger partial charge is 0.443 e. The Morgan fingerprint density at radius 1 is 1.36 bits per heavy atom. The molecule has 0 spiro atoms. The molecule has 2 rings (SSSR count). The third-order valence-electron chi connectivity index (χ3n) is 3.21. The minimum absolute atomic E-state index is 0.0405. The van der Waals surface area contributed by atoms with Gasteiger partial charge in [-0.3, -0.25) is 9.69 Å². The summed E-state index contributed by atoms with van der Waals surface area (Å²) in [5.41, 5.74) is 1.32. The molecule has 0 aliphatic carbocycles. The van der Waals surface area contributed by atoms with Crippen molar-refractivity contribution in [3.8, 4) is 0 Å². The van der Waals surface area contributed by atoms with Gasteiger partial charge in [0.15, 0.2) is 5.78 Å². The number of ether oxygens (including phenoxy) is 1. The highest BCUT2D eigenvalue weighted by molar-refractivity contribution is 9.10. The number of anilines is 1. The molecule has 0 radical (unpaired) electrons. The van der Waals surface area contributed by atoms with Gasteiger partial charge in [0.25, 0.3) is 0 Å². The topological polar surface area (TPSA) is 46.6 Å². The number of hydrogen-bond donors (Lipinski definition) is 0. The Kier molecular flexibility index (Phi) is 4.75. The lowest BCUT2D eigenvalue weighted by Gasteiger charge is -2.28. The Labute approximate surface area is 139 Å². The van der Waals surface area contributed by atoms with E-state index in [9.17, 15) is 9.59 Å². The molecule has 0 saturated heterocycles. The van der Waals surface area contributed by atoms with Crippen LogP contribution in [0.4, 0.5) is 10.5 Å². The molecule has 0 saturated carbocycles. The number of carbonyl (C=O) groups is 2. The SMILES string of the molecule is CC(=O)/C=C/[C@H]1Cc2cc(Br)ccc2N1C(=O)OC(C)(C)C. The van der Waals surface area contributed by atoms with E-state index in [1.807, 2.05) is 39.0 Å². The Morgan fingerprint density at radius 3 is 2.64 bits per heavy atom. The van der Waals surface area contributed by atoms with E-state index < -0.39 is 11.7 Å². The lowest BCUT2D eigenvalue weighted by Crippen LogP contribution is -2.40. The molecule has 1 aromatic carbocycles. The quantitative estimate of drug-likeness (QED) is 0.735. The second kappa shape index (κ2) is 6.24. The van der Waals surface area contributed by atoms with Gasteiger partial charge in [-0.05, 0) is 64.0 Å². The number of ketones is 1. The maximum absolute atomic E-state index is 12.5. The van der Waals surface area contributed by atoms with Crippen LogP contribution in [0.15, 0.2) is 34.8 Å². The summed E-state index contributed by atoms with van der Waals surface area (Å²) < 4.78 is 6.47. The lowest BCUT2D eigenvalue weighted by molar-refractivity contribution is -0.112. The van der Waals surface area contributed by atoms with Gasteiger partial charge < -0.3 is 4.74 Å². The summed E-state index contributed by atoms with van der Waals surface area (Å²) >= 11 is 3.45. The molecule has 1 atom stereocenters. The summed E-state index contributed by atoms with van der Waals surface area (Å²) in [5.74, 6) is -0.0405. The van der Waals surface area contributed by atoms with Gasteiger partial charge in [-0.25, -0.2) is 4.79 Å². The number of carbonyl (C=O) groups excluding carboxylic acids is 2. The average molecular weight is 366 g/mol. The first-order chi connectivity index (χ1) is 10.2. The Hall–Kier alpha value is -1.62. The summed E-state index contributed by atoms with van der Waals surface area (Å²) in [6, 6.07) is 5.58. The zero-order chi connectivity index (χ0) is 16.5. The predicted molar refractivity (Wildman–Crippen MR) is 90.2 cm³/mol. The fourth-order valence-corrected chi connectivity index (χ4v) is 2.80. The van der Waals surface area contributed by atoms with Crippen LogP contribution in [-0.4, -0.2) is 23.5 Å². The lowest BCUT2D eigenvalue weighted by atomic mass is 10.1. The van der Waals surface area contributed by atoms with Crippen molar-refractivity contribution in [1.29, 1.82) is 0 Å². The molecule has 0 bridgehead atoms. The molecule has 0 aromatic heterocycles. The van der Waals surface area contributed by atoms with E-state index in [2.05, 4.69) is 15.9 Å². The van der Waals surface area contributed by atoms with Crippen LogP contribution in [0, 0.1) is 0 Å². The maximum Gasteiger partial charge on any atom is 0.415 e. The molecule has 0 fully saturated rings. The predicted octanol–water partition coefficient (Wildman–Crippen LogP) is 4.26. The highest BCUT2D eigenvalue weighted by Crippen LogP contribution is 2.35. The number of benzene rings is 1. The van der Waals surface area contributed by atoms with Crippen LogP contribution in [0.1, 0.15) is 33.3 Å². The van der Waals surface area contributed by atoms with E-state index in [4.69, 9.17) is 4.74 Å². The molecular formula is C17H20BrNO3. The number of allylic oxidation sites excluding steroid dienone is 1. The number of rotatable bonds is 2. The fraction of sp³-hybridized carbons (Fsp3) is 0.412. The molecule has 1 amide bonds. The molecule has 118 valence electrons. The van der Waals surface area contributed by atoms with E-state index >= 15 is 0 Å². The monoisotopic (exact) mass is 365 g/mol. The smallest absolute Gasteiger partial charge is 0.415 e. The number of nitrogens with zero attached hydrogens (tertiary/aromatic N) is 1. The zero-order valence-electron chi connectivity index (χ0n) is 13.2. The van der Waals surface area contributed by atoms with E-state index in [1.165, 1.54) is 13.0 Å². The number of halogens is 1. The van der Waals surface area contributed by atoms with Crippen molar-refractivity contribution < 1.29 is 14.3 Å².